The van der Waals surface area contributed by atoms with Crippen LogP contribution in [-0.4, -0.2) is 58.3 Å². The number of nitrogens with zero attached hydrogens (tertiary/aromatic N) is 2. The molecule has 2 aliphatic heterocycles. The summed E-state index contributed by atoms with van der Waals surface area (Å²) in [6, 6.07) is 10.2. The van der Waals surface area contributed by atoms with Crippen molar-refractivity contribution in [3.05, 3.63) is 77.3 Å². The molecule has 4 rings (SSSR count). The second-order valence-electron chi connectivity index (χ2n) is 8.82. The number of hydrogen-bond acceptors (Lipinski definition) is 8. The fourth-order valence-corrected chi connectivity index (χ4v) is 5.64. The summed E-state index contributed by atoms with van der Waals surface area (Å²) in [6.07, 6.45) is 4.65. The number of benzene rings is 1. The number of aliphatic carboxylic acids is 1. The molecule has 3 heterocycles. The fourth-order valence-electron chi connectivity index (χ4n) is 4.30. The van der Waals surface area contributed by atoms with Gasteiger partial charge in [0.25, 0.3) is 11.8 Å². The van der Waals surface area contributed by atoms with Crippen LogP contribution < -0.4 is 55.0 Å². The second-order valence-corrected chi connectivity index (χ2v) is 9.93. The fraction of sp³-hybridized carbons (Fsp3) is 0.308. The number of hydrogen-bond donors (Lipinski definition) is 2. The summed E-state index contributed by atoms with van der Waals surface area (Å²) in [5.74, 6) is -3.68. The number of β-lactam (4-membered cyclic amide) rings is 1. The molecule has 0 radical (unpaired) electrons. The minimum absolute atomic E-state index is 0. The molecule has 3 amide bonds. The molecule has 0 bridgehead atoms. The van der Waals surface area contributed by atoms with Gasteiger partial charge in [-0.15, -0.1) is 11.8 Å². The van der Waals surface area contributed by atoms with E-state index in [1.807, 2.05) is 22.8 Å². The molecule has 2 aromatic rings. The Morgan fingerprint density at radius 2 is 1.72 bits per heavy atom. The number of nitrogens with one attached hydrogen (secondary N) is 2. The zero-order valence-corrected chi connectivity index (χ0v) is 24.1. The number of unbranched alkanes of at least 4 members (excludes halogenated alkanes) is 1. The van der Waals surface area contributed by atoms with Crippen LogP contribution in [0.2, 0.25) is 0 Å². The zero-order valence-electron chi connectivity index (χ0n) is 21.3. The number of carbonyl (C=O) groups excluding carboxylic acids is 5. The van der Waals surface area contributed by atoms with E-state index in [1.165, 1.54) is 40.9 Å². The molecule has 1 aromatic carbocycles. The summed E-state index contributed by atoms with van der Waals surface area (Å²) in [7, 11) is 0. The van der Waals surface area contributed by atoms with Gasteiger partial charge in [0.2, 0.25) is 5.91 Å². The summed E-state index contributed by atoms with van der Waals surface area (Å²) in [5.41, 5.74) is 0.525. The number of rotatable bonds is 11. The topological polar surface area (TPSA) is 163 Å². The molecule has 2 atom stereocenters. The number of aromatic carboxylic acids is 1. The first-order valence-electron chi connectivity index (χ1n) is 12.0. The van der Waals surface area contributed by atoms with Crippen LogP contribution >= 0.6 is 11.8 Å². The standard InChI is InChI=1S/C26H26N4O7S.Na/c31-19(9-2-3-10-27-22(32)16-7-6-8-17(13-16)25(34)35)28-20-23(33)30-21(26(36)37)18(15-38-24(20)30)14-29-11-4-1-5-12-29;/h1,4-8,11-13,20,24H,2-3,9-10,14-15H2,(H3-,27,28,31,32,34,35,36,37);/q;+1/p-1/t20-,24+;/m1./s1. The second kappa shape index (κ2) is 13.7. The molecule has 1 aromatic heterocycles. The monoisotopic (exact) mass is 560 g/mol. The molecule has 2 N–H and O–H groups in total. The Bertz CT molecular complexity index is 1300. The predicted octanol–water partition coefficient (Wildman–Crippen LogP) is -4.65. The van der Waals surface area contributed by atoms with Gasteiger partial charge in [-0.2, -0.15) is 0 Å². The first-order valence-corrected chi connectivity index (χ1v) is 13.0. The van der Waals surface area contributed by atoms with Gasteiger partial charge in [-0.1, -0.05) is 18.2 Å². The smallest absolute Gasteiger partial charge is 0.545 e. The number of aromatic nitrogens is 1. The van der Waals surface area contributed by atoms with E-state index >= 15 is 0 Å². The van der Waals surface area contributed by atoms with Gasteiger partial charge < -0.3 is 30.4 Å². The van der Waals surface area contributed by atoms with Crippen molar-refractivity contribution in [2.75, 3.05) is 12.3 Å². The summed E-state index contributed by atoms with van der Waals surface area (Å²) >= 11 is 1.39. The van der Waals surface area contributed by atoms with Crippen LogP contribution in [0.4, 0.5) is 0 Å². The normalized spacial score (nSPS) is 17.8. The minimum Gasteiger partial charge on any atom is -0.545 e. The van der Waals surface area contributed by atoms with Gasteiger partial charge in [-0.3, -0.25) is 19.3 Å². The first kappa shape index (κ1) is 30.4. The third-order valence-corrected chi connectivity index (χ3v) is 7.52. The summed E-state index contributed by atoms with van der Waals surface area (Å²) in [4.78, 5) is 61.4. The summed E-state index contributed by atoms with van der Waals surface area (Å²) < 4.78 is 1.82. The molecule has 1 fully saturated rings. The third-order valence-electron chi connectivity index (χ3n) is 6.18. The van der Waals surface area contributed by atoms with Crippen molar-refractivity contribution < 1.29 is 68.3 Å². The average Bonchev–Trinajstić information content (AvgIpc) is 2.91. The van der Waals surface area contributed by atoms with Crippen molar-refractivity contribution in [2.45, 2.75) is 37.2 Å². The van der Waals surface area contributed by atoms with Crippen molar-refractivity contribution >= 4 is 41.4 Å². The molecule has 13 heteroatoms. The van der Waals surface area contributed by atoms with E-state index in [0.29, 0.717) is 30.7 Å². The van der Waals surface area contributed by atoms with Gasteiger partial charge in [0.1, 0.15) is 11.4 Å². The van der Waals surface area contributed by atoms with E-state index in [1.54, 1.807) is 12.4 Å². The predicted molar refractivity (Wildman–Crippen MR) is 131 cm³/mol. The van der Waals surface area contributed by atoms with Crippen LogP contribution in [0.3, 0.4) is 0 Å². The molecule has 0 aliphatic carbocycles. The van der Waals surface area contributed by atoms with Gasteiger partial charge in [0.15, 0.2) is 18.9 Å². The Kier molecular flexibility index (Phi) is 10.7. The Hall–Kier alpha value is -3.19. The van der Waals surface area contributed by atoms with Gasteiger partial charge >= 0.3 is 29.6 Å². The Morgan fingerprint density at radius 3 is 2.41 bits per heavy atom. The van der Waals surface area contributed by atoms with Crippen molar-refractivity contribution in [3.8, 4) is 0 Å². The van der Waals surface area contributed by atoms with Crippen molar-refractivity contribution in [1.29, 1.82) is 0 Å². The molecule has 11 nitrogen and oxygen atoms in total. The third kappa shape index (κ3) is 7.27. The minimum atomic E-state index is -1.42. The number of carboxylic acid groups (broad SMARTS) is 2. The Morgan fingerprint density at radius 1 is 1.00 bits per heavy atom. The summed E-state index contributed by atoms with van der Waals surface area (Å²) in [6.45, 7) is 0.585. The quantitative estimate of drug-likeness (QED) is 0.120. The van der Waals surface area contributed by atoms with Crippen molar-refractivity contribution in [1.82, 2.24) is 15.5 Å². The number of carbonyl (C=O) groups is 5. The SMILES string of the molecule is O=C(CCCCNC(=O)c1cccc(C(=O)[O-])c1)N[C@@H]1C(=O)N2C(C(=O)[O-])=C(C[n+]3ccccc3)CS[C@@H]12.[Na+]. The molecular weight excluding hydrogens is 535 g/mol. The van der Waals surface area contributed by atoms with E-state index in [-0.39, 0.29) is 65.3 Å². The zero-order chi connectivity index (χ0) is 27.2. The van der Waals surface area contributed by atoms with Gasteiger partial charge in [0, 0.05) is 42.0 Å². The van der Waals surface area contributed by atoms with Crippen LogP contribution in [0.5, 0.6) is 0 Å². The van der Waals surface area contributed by atoms with Crippen LogP contribution in [0, 0.1) is 0 Å². The van der Waals surface area contributed by atoms with Gasteiger partial charge in [-0.05, 0) is 30.5 Å². The van der Waals surface area contributed by atoms with E-state index in [4.69, 9.17) is 0 Å². The Balaban J connectivity index is 0.00000420. The van der Waals surface area contributed by atoms with Crippen LogP contribution in [-0.2, 0) is 20.9 Å². The van der Waals surface area contributed by atoms with Crippen LogP contribution in [0.25, 0.3) is 0 Å². The van der Waals surface area contributed by atoms with E-state index < -0.39 is 35.2 Å². The maximum atomic E-state index is 12.8. The van der Waals surface area contributed by atoms with E-state index in [9.17, 15) is 34.2 Å². The average molecular weight is 561 g/mol. The number of pyridine rings is 1. The van der Waals surface area contributed by atoms with Gasteiger partial charge in [-0.25, -0.2) is 4.57 Å². The molecular formula is C26H25N4NaO7S. The van der Waals surface area contributed by atoms with Crippen LogP contribution in [0.1, 0.15) is 40.0 Å². The number of amides is 3. The molecule has 2 aliphatic rings. The van der Waals surface area contributed by atoms with Crippen molar-refractivity contribution in [2.24, 2.45) is 0 Å². The molecule has 0 unspecified atom stereocenters. The first-order chi connectivity index (χ1) is 18.3. The number of thioether (sulfide) groups is 1. The molecule has 198 valence electrons. The molecule has 0 spiro atoms. The largest absolute Gasteiger partial charge is 1.00 e. The maximum Gasteiger partial charge on any atom is 1.00 e. The maximum absolute atomic E-state index is 12.8. The van der Waals surface area contributed by atoms with Crippen LogP contribution in [0.15, 0.2) is 66.1 Å². The number of fused-ring (bicyclic) bond motifs is 1. The van der Waals surface area contributed by atoms with E-state index in [2.05, 4.69) is 10.6 Å². The van der Waals surface area contributed by atoms with Crippen molar-refractivity contribution in [3.63, 3.8) is 0 Å². The molecule has 39 heavy (non-hydrogen) atoms. The Labute approximate surface area is 250 Å². The molecule has 0 saturated carbocycles. The molecule has 1 saturated heterocycles. The van der Waals surface area contributed by atoms with Gasteiger partial charge in [0.05, 0.1) is 17.6 Å². The number of carboxylic acids is 2. The van der Waals surface area contributed by atoms with E-state index in [0.717, 1.165) is 0 Å². The summed E-state index contributed by atoms with van der Waals surface area (Å²) in [5, 5.41) is 27.7.